The monoisotopic (exact) mass is 369 g/mol. The van der Waals surface area contributed by atoms with Crippen molar-refractivity contribution in [2.24, 2.45) is 0 Å². The number of hydrogen-bond donors (Lipinski definition) is 1. The van der Waals surface area contributed by atoms with Crippen molar-refractivity contribution in [1.29, 1.82) is 0 Å². The van der Waals surface area contributed by atoms with Gasteiger partial charge in [-0.1, -0.05) is 17.7 Å². The Balaban J connectivity index is 1.97. The molecule has 0 heterocycles. The molecule has 1 N–H and O–H groups in total. The first-order valence-corrected chi connectivity index (χ1v) is 8.97. The lowest BCUT2D eigenvalue weighted by molar-refractivity contribution is -0.121. The minimum Gasteiger partial charge on any atom is -0.497 e. The number of amides is 1. The second kappa shape index (κ2) is 9.21. The smallest absolute Gasteiger partial charge is 0.220 e. The van der Waals surface area contributed by atoms with Crippen LogP contribution in [-0.2, 0) is 4.79 Å². The van der Waals surface area contributed by atoms with Crippen LogP contribution in [0.15, 0.2) is 36.4 Å². The highest BCUT2D eigenvalue weighted by Gasteiger charge is 2.17. The average Bonchev–Trinajstić information content (AvgIpc) is 2.67. The molecule has 0 fully saturated rings. The van der Waals surface area contributed by atoms with Gasteiger partial charge in [-0.15, -0.1) is 0 Å². The molecule has 1 amide bonds. The largest absolute Gasteiger partial charge is 0.497 e. The molecule has 0 aliphatic carbocycles. The van der Waals surface area contributed by atoms with Crippen LogP contribution in [0.1, 0.15) is 52.9 Å². The van der Waals surface area contributed by atoms with Crippen molar-refractivity contribution in [2.45, 2.75) is 39.7 Å². The maximum absolute atomic E-state index is 12.4. The van der Waals surface area contributed by atoms with Crippen LogP contribution in [0.25, 0.3) is 0 Å². The Bertz CT molecular complexity index is 829. The Morgan fingerprint density at radius 1 is 1.00 bits per heavy atom. The third-order valence-corrected chi connectivity index (χ3v) is 4.56. The summed E-state index contributed by atoms with van der Waals surface area (Å²) >= 11 is 0. The predicted molar refractivity (Wildman–Crippen MR) is 106 cm³/mol. The minimum absolute atomic E-state index is 0.0129. The van der Waals surface area contributed by atoms with Gasteiger partial charge in [0.15, 0.2) is 5.78 Å². The van der Waals surface area contributed by atoms with E-state index in [2.05, 4.69) is 5.32 Å². The molecule has 0 aromatic heterocycles. The number of carbonyl (C=O) groups excluding carboxylic acids is 2. The number of hydrogen-bond acceptors (Lipinski definition) is 4. The lowest BCUT2D eigenvalue weighted by Crippen LogP contribution is -2.27. The maximum Gasteiger partial charge on any atom is 0.220 e. The van der Waals surface area contributed by atoms with Crippen molar-refractivity contribution in [1.82, 2.24) is 5.32 Å². The van der Waals surface area contributed by atoms with E-state index in [1.807, 2.05) is 51.1 Å². The number of Topliss-reactive ketones (excluding diaryl/α,β-unsaturated/α-hetero) is 1. The number of benzene rings is 2. The molecule has 0 aliphatic heterocycles. The molecule has 0 bridgehead atoms. The molecule has 1 unspecified atom stereocenters. The van der Waals surface area contributed by atoms with E-state index in [0.717, 1.165) is 16.7 Å². The molecule has 2 rings (SSSR count). The Morgan fingerprint density at radius 3 is 2.41 bits per heavy atom. The summed E-state index contributed by atoms with van der Waals surface area (Å²) in [6.07, 6.45) is 0.331. The minimum atomic E-state index is -0.242. The lowest BCUT2D eigenvalue weighted by atomic mass is 9.99. The number of ether oxygens (including phenoxy) is 2. The Kier molecular flexibility index (Phi) is 6.99. The predicted octanol–water partition coefficient (Wildman–Crippen LogP) is 4.16. The van der Waals surface area contributed by atoms with Crippen LogP contribution in [0.3, 0.4) is 0 Å². The molecule has 5 heteroatoms. The van der Waals surface area contributed by atoms with Crippen molar-refractivity contribution in [3.8, 4) is 11.5 Å². The van der Waals surface area contributed by atoms with Gasteiger partial charge in [-0.25, -0.2) is 0 Å². The van der Waals surface area contributed by atoms with E-state index in [9.17, 15) is 9.59 Å². The summed E-state index contributed by atoms with van der Waals surface area (Å²) in [4.78, 5) is 24.7. The zero-order chi connectivity index (χ0) is 20.0. The number of carbonyl (C=O) groups is 2. The summed E-state index contributed by atoms with van der Waals surface area (Å²) in [6, 6.07) is 11.0. The SMILES string of the molecule is COc1ccc(C(C)NC(=O)CCC(=O)c2cc(C)ccc2C)c(OC)c1. The van der Waals surface area contributed by atoms with Crippen molar-refractivity contribution in [3.05, 3.63) is 58.7 Å². The molecule has 0 aliphatic rings. The quantitative estimate of drug-likeness (QED) is 0.710. The van der Waals surface area contributed by atoms with Crippen LogP contribution in [0, 0.1) is 13.8 Å². The van der Waals surface area contributed by atoms with Gasteiger partial charge in [-0.3, -0.25) is 9.59 Å². The van der Waals surface area contributed by atoms with Crippen molar-refractivity contribution in [2.75, 3.05) is 14.2 Å². The molecular weight excluding hydrogens is 342 g/mol. The maximum atomic E-state index is 12.4. The van der Waals surface area contributed by atoms with Gasteiger partial charge in [-0.2, -0.15) is 0 Å². The van der Waals surface area contributed by atoms with E-state index in [4.69, 9.17) is 9.47 Å². The van der Waals surface area contributed by atoms with Crippen LogP contribution in [-0.4, -0.2) is 25.9 Å². The zero-order valence-corrected chi connectivity index (χ0v) is 16.6. The molecule has 0 saturated heterocycles. The fraction of sp³-hybridized carbons (Fsp3) is 0.364. The van der Waals surface area contributed by atoms with Gasteiger partial charge in [-0.05, 0) is 44.5 Å². The van der Waals surface area contributed by atoms with Gasteiger partial charge in [0.1, 0.15) is 11.5 Å². The highest BCUT2D eigenvalue weighted by molar-refractivity contribution is 5.99. The molecule has 5 nitrogen and oxygen atoms in total. The summed E-state index contributed by atoms with van der Waals surface area (Å²) in [5.74, 6) is 1.15. The number of methoxy groups -OCH3 is 2. The van der Waals surface area contributed by atoms with Gasteiger partial charge >= 0.3 is 0 Å². The fourth-order valence-corrected chi connectivity index (χ4v) is 2.97. The Morgan fingerprint density at radius 2 is 1.74 bits per heavy atom. The summed E-state index contributed by atoms with van der Waals surface area (Å²) < 4.78 is 10.6. The molecule has 2 aromatic carbocycles. The Hall–Kier alpha value is -2.82. The molecule has 27 heavy (non-hydrogen) atoms. The number of aryl methyl sites for hydroxylation is 2. The van der Waals surface area contributed by atoms with E-state index >= 15 is 0 Å². The van der Waals surface area contributed by atoms with Crippen LogP contribution < -0.4 is 14.8 Å². The molecule has 0 radical (unpaired) electrons. The molecule has 2 aromatic rings. The van der Waals surface area contributed by atoms with Crippen molar-refractivity contribution < 1.29 is 19.1 Å². The zero-order valence-electron chi connectivity index (χ0n) is 16.6. The number of rotatable bonds is 8. The first-order chi connectivity index (χ1) is 12.8. The van der Waals surface area contributed by atoms with E-state index in [1.54, 1.807) is 20.3 Å². The fourth-order valence-electron chi connectivity index (χ4n) is 2.97. The number of nitrogens with one attached hydrogen (secondary N) is 1. The summed E-state index contributed by atoms with van der Waals surface area (Å²) in [5, 5.41) is 2.93. The highest BCUT2D eigenvalue weighted by atomic mass is 16.5. The third-order valence-electron chi connectivity index (χ3n) is 4.56. The molecule has 144 valence electrons. The van der Waals surface area contributed by atoms with Gasteiger partial charge < -0.3 is 14.8 Å². The lowest BCUT2D eigenvalue weighted by Gasteiger charge is -2.18. The van der Waals surface area contributed by atoms with E-state index in [-0.39, 0.29) is 30.6 Å². The topological polar surface area (TPSA) is 64.6 Å². The number of ketones is 1. The second-order valence-electron chi connectivity index (χ2n) is 6.64. The van der Waals surface area contributed by atoms with Gasteiger partial charge in [0, 0.05) is 30.0 Å². The van der Waals surface area contributed by atoms with Crippen LogP contribution in [0.2, 0.25) is 0 Å². The summed E-state index contributed by atoms with van der Waals surface area (Å²) in [7, 11) is 3.17. The Labute approximate surface area is 160 Å². The molecule has 0 saturated carbocycles. The first kappa shape index (κ1) is 20.5. The van der Waals surface area contributed by atoms with Gasteiger partial charge in [0.25, 0.3) is 0 Å². The molecule has 0 spiro atoms. The third kappa shape index (κ3) is 5.33. The first-order valence-electron chi connectivity index (χ1n) is 8.97. The van der Waals surface area contributed by atoms with Crippen molar-refractivity contribution in [3.63, 3.8) is 0 Å². The van der Waals surface area contributed by atoms with E-state index < -0.39 is 0 Å². The van der Waals surface area contributed by atoms with E-state index in [1.165, 1.54) is 0 Å². The summed E-state index contributed by atoms with van der Waals surface area (Å²) in [5.41, 5.74) is 3.51. The highest BCUT2D eigenvalue weighted by Crippen LogP contribution is 2.29. The normalized spacial score (nSPS) is 11.6. The average molecular weight is 369 g/mol. The van der Waals surface area contributed by atoms with Gasteiger partial charge in [0.2, 0.25) is 5.91 Å². The van der Waals surface area contributed by atoms with E-state index in [0.29, 0.717) is 17.1 Å². The molecular formula is C22H27NO4. The van der Waals surface area contributed by atoms with Crippen LogP contribution in [0.4, 0.5) is 0 Å². The van der Waals surface area contributed by atoms with Crippen LogP contribution in [0.5, 0.6) is 11.5 Å². The second-order valence-corrected chi connectivity index (χ2v) is 6.64. The van der Waals surface area contributed by atoms with Gasteiger partial charge in [0.05, 0.1) is 20.3 Å². The van der Waals surface area contributed by atoms with Crippen molar-refractivity contribution >= 4 is 11.7 Å². The summed E-state index contributed by atoms with van der Waals surface area (Å²) in [6.45, 7) is 5.74. The standard InChI is InChI=1S/C22H27NO4/c1-14-6-7-15(2)19(12-14)20(24)10-11-22(25)23-16(3)18-9-8-17(26-4)13-21(18)27-5/h6-9,12-13,16H,10-11H2,1-5H3,(H,23,25). The molecule has 1 atom stereocenters. The van der Waals surface area contributed by atoms with Crippen LogP contribution >= 0.6 is 0 Å².